The molecular formula is C19H19F2N7O. The SMILES string of the molecule is [2H]c1nc(COc2nn3c(-c4cc(F)ccc4F)nnc3cc2C(C([2H])([2H])[2H])(C([2H])([2H])[2H])C([2H])([2H])[2H])n(C)n1. The number of ether oxygens (including phenoxy) is 1. The number of aryl methyl sites for hydroxylation is 1. The number of aromatic nitrogens is 7. The summed E-state index contributed by atoms with van der Waals surface area (Å²) in [7, 11) is 1.42. The fourth-order valence-corrected chi connectivity index (χ4v) is 2.56. The second-order valence-electron chi connectivity index (χ2n) is 6.07. The molecule has 0 bridgehead atoms. The molecule has 0 aliphatic rings. The first-order valence-corrected chi connectivity index (χ1v) is 8.10. The Morgan fingerprint density at radius 1 is 1.21 bits per heavy atom. The van der Waals surface area contributed by atoms with Crippen LogP contribution in [0.5, 0.6) is 5.88 Å². The molecule has 0 atom stereocenters. The van der Waals surface area contributed by atoms with Gasteiger partial charge in [0.2, 0.25) is 5.88 Å². The second-order valence-corrected chi connectivity index (χ2v) is 6.07. The van der Waals surface area contributed by atoms with Crippen LogP contribution in [0.1, 0.15) is 45.7 Å². The van der Waals surface area contributed by atoms with Gasteiger partial charge in [0.25, 0.3) is 0 Å². The van der Waals surface area contributed by atoms with Crippen molar-refractivity contribution in [3.8, 4) is 17.3 Å². The zero-order chi connectivity index (χ0) is 29.1. The van der Waals surface area contributed by atoms with Crippen molar-refractivity contribution in [1.82, 2.24) is 34.6 Å². The molecule has 150 valence electrons. The van der Waals surface area contributed by atoms with Gasteiger partial charge >= 0.3 is 0 Å². The first kappa shape index (κ1) is 10.4. The fourth-order valence-electron chi connectivity index (χ4n) is 2.56. The van der Waals surface area contributed by atoms with E-state index in [1.807, 2.05) is 0 Å². The summed E-state index contributed by atoms with van der Waals surface area (Å²) >= 11 is 0. The molecule has 0 N–H and O–H groups in total. The minimum atomic E-state index is -3.67. The standard InChI is InChI=1S/C19H19F2N7O/c1-19(2,3)13-8-15-24-25-17(12-7-11(20)5-6-14(12)21)28(15)26-18(13)29-9-16-22-10-23-27(16)4/h5-8,10H,9H2,1-4H3/i1D3,2D3,3D3,10D. The topological polar surface area (TPSA) is 83.0 Å². The minimum Gasteiger partial charge on any atom is -0.468 e. The molecule has 3 aromatic heterocycles. The Morgan fingerprint density at radius 2 is 2.03 bits per heavy atom. The number of hydrogen-bond acceptors (Lipinski definition) is 6. The van der Waals surface area contributed by atoms with Gasteiger partial charge < -0.3 is 4.74 Å². The third-order valence-electron chi connectivity index (χ3n) is 4.02. The van der Waals surface area contributed by atoms with Crippen LogP contribution in [0.2, 0.25) is 0 Å². The lowest BCUT2D eigenvalue weighted by atomic mass is 9.88. The van der Waals surface area contributed by atoms with Crippen molar-refractivity contribution in [1.29, 1.82) is 0 Å². The highest BCUT2D eigenvalue weighted by molar-refractivity contribution is 5.60. The first-order chi connectivity index (χ1) is 17.9. The Hall–Kier alpha value is -3.43. The summed E-state index contributed by atoms with van der Waals surface area (Å²) in [6, 6.07) is 3.30. The molecule has 0 unspecified atom stereocenters. The molecule has 0 saturated carbocycles. The van der Waals surface area contributed by atoms with E-state index in [0.29, 0.717) is 0 Å². The third kappa shape index (κ3) is 3.53. The van der Waals surface area contributed by atoms with Gasteiger partial charge in [-0.2, -0.15) is 9.61 Å². The smallest absolute Gasteiger partial charge is 0.236 e. The molecule has 0 saturated heterocycles. The molecule has 29 heavy (non-hydrogen) atoms. The van der Waals surface area contributed by atoms with E-state index in [2.05, 4.69) is 25.4 Å². The number of benzene rings is 1. The summed E-state index contributed by atoms with van der Waals surface area (Å²) in [6.45, 7) is -11.6. The number of fused-ring (bicyclic) bond motifs is 1. The average molecular weight is 409 g/mol. The van der Waals surface area contributed by atoms with Crippen molar-refractivity contribution in [2.75, 3.05) is 0 Å². The largest absolute Gasteiger partial charge is 0.468 e. The van der Waals surface area contributed by atoms with Crippen molar-refractivity contribution in [3.05, 3.63) is 53.6 Å². The normalized spacial score (nSPS) is 18.3. The predicted molar refractivity (Wildman–Crippen MR) is 100 cm³/mol. The van der Waals surface area contributed by atoms with Crippen molar-refractivity contribution in [2.45, 2.75) is 32.6 Å². The quantitative estimate of drug-likeness (QED) is 0.515. The number of nitrogens with zero attached hydrogens (tertiary/aromatic N) is 7. The van der Waals surface area contributed by atoms with Crippen molar-refractivity contribution in [3.63, 3.8) is 0 Å². The van der Waals surface area contributed by atoms with E-state index in [9.17, 15) is 8.78 Å². The van der Waals surface area contributed by atoms with Gasteiger partial charge in [-0.05, 0) is 29.7 Å². The van der Waals surface area contributed by atoms with Gasteiger partial charge in [0.1, 0.15) is 25.9 Å². The van der Waals surface area contributed by atoms with Crippen molar-refractivity contribution < 1.29 is 27.2 Å². The molecule has 3 heterocycles. The van der Waals surface area contributed by atoms with Crippen LogP contribution in [-0.2, 0) is 19.1 Å². The van der Waals surface area contributed by atoms with E-state index in [1.165, 1.54) is 7.05 Å². The monoisotopic (exact) mass is 409 g/mol. The first-order valence-electron chi connectivity index (χ1n) is 13.1. The lowest BCUT2D eigenvalue weighted by Gasteiger charge is -2.21. The Balaban J connectivity index is 2.05. The van der Waals surface area contributed by atoms with Crippen LogP contribution in [0.4, 0.5) is 8.78 Å². The predicted octanol–water partition coefficient (Wildman–Crippen LogP) is 3.07. The molecule has 10 heteroatoms. The Morgan fingerprint density at radius 3 is 2.76 bits per heavy atom. The highest BCUT2D eigenvalue weighted by Gasteiger charge is 2.24. The van der Waals surface area contributed by atoms with Gasteiger partial charge in [0.15, 0.2) is 17.3 Å². The van der Waals surface area contributed by atoms with Gasteiger partial charge in [-0.15, -0.1) is 15.3 Å². The second kappa shape index (κ2) is 6.87. The van der Waals surface area contributed by atoms with E-state index >= 15 is 0 Å². The summed E-state index contributed by atoms with van der Waals surface area (Å²) in [5.74, 6) is -2.87. The Labute approximate surface area is 179 Å². The number of halogens is 2. The lowest BCUT2D eigenvalue weighted by Crippen LogP contribution is -2.17. The van der Waals surface area contributed by atoms with Gasteiger partial charge in [-0.3, -0.25) is 4.68 Å². The summed E-state index contributed by atoms with van der Waals surface area (Å²) in [5, 5.41) is 15.3. The van der Waals surface area contributed by atoms with Crippen LogP contribution in [0.3, 0.4) is 0 Å². The summed E-state index contributed by atoms with van der Waals surface area (Å²) in [4.78, 5) is 3.81. The molecule has 4 rings (SSSR count). The number of rotatable bonds is 4. The fraction of sp³-hybridized carbons (Fsp3) is 0.316. The lowest BCUT2D eigenvalue weighted by molar-refractivity contribution is 0.266. The van der Waals surface area contributed by atoms with Crippen LogP contribution in [0.25, 0.3) is 17.0 Å². The Kier molecular flexibility index (Phi) is 2.46. The highest BCUT2D eigenvalue weighted by atomic mass is 19.1. The van der Waals surface area contributed by atoms with Gasteiger partial charge in [0, 0.05) is 24.9 Å². The number of hydrogen-bond donors (Lipinski definition) is 0. The van der Waals surface area contributed by atoms with Crippen LogP contribution in [0.15, 0.2) is 30.6 Å². The zero-order valence-electron chi connectivity index (χ0n) is 24.8. The van der Waals surface area contributed by atoms with E-state index in [1.54, 1.807) is 0 Å². The van der Waals surface area contributed by atoms with Gasteiger partial charge in [0.05, 0.1) is 5.56 Å². The molecule has 0 aliphatic heterocycles. The van der Waals surface area contributed by atoms with Crippen LogP contribution in [0, 0.1) is 11.6 Å². The minimum absolute atomic E-state index is 0.0234. The van der Waals surface area contributed by atoms with Crippen molar-refractivity contribution >= 4 is 5.65 Å². The maximum atomic E-state index is 14.5. The highest BCUT2D eigenvalue weighted by Crippen LogP contribution is 2.32. The zero-order valence-corrected chi connectivity index (χ0v) is 14.8. The molecule has 0 spiro atoms. The van der Waals surface area contributed by atoms with Crippen LogP contribution >= 0.6 is 0 Å². The molecular weight excluding hydrogens is 380 g/mol. The summed E-state index contributed by atoms with van der Waals surface area (Å²) < 4.78 is 116. The molecule has 4 aromatic rings. The molecule has 0 amide bonds. The maximum Gasteiger partial charge on any atom is 0.236 e. The average Bonchev–Trinajstić information content (AvgIpc) is 3.32. The molecule has 0 fully saturated rings. The molecule has 0 radical (unpaired) electrons. The van der Waals surface area contributed by atoms with Crippen molar-refractivity contribution in [2.24, 2.45) is 7.05 Å². The summed E-state index contributed by atoms with van der Waals surface area (Å²) in [5.41, 5.74) is -5.17. The molecule has 0 aliphatic carbocycles. The summed E-state index contributed by atoms with van der Waals surface area (Å²) in [6.07, 6.45) is -0.385. The van der Waals surface area contributed by atoms with Gasteiger partial charge in [-0.1, -0.05) is 20.6 Å². The van der Waals surface area contributed by atoms with E-state index in [4.69, 9.17) is 18.4 Å². The van der Waals surface area contributed by atoms with Crippen LogP contribution in [-0.4, -0.2) is 34.6 Å². The Bertz CT molecular complexity index is 1510. The van der Waals surface area contributed by atoms with Gasteiger partial charge in [-0.25, -0.2) is 13.8 Å². The molecule has 1 aromatic carbocycles. The maximum absolute atomic E-state index is 14.5. The van der Waals surface area contributed by atoms with E-state index in [-0.39, 0.29) is 23.6 Å². The van der Waals surface area contributed by atoms with E-state index in [0.717, 1.165) is 33.5 Å². The molecule has 8 nitrogen and oxygen atoms in total. The third-order valence-corrected chi connectivity index (χ3v) is 4.02. The van der Waals surface area contributed by atoms with Crippen LogP contribution < -0.4 is 4.74 Å². The van der Waals surface area contributed by atoms with E-state index < -0.39 is 61.2 Å².